The monoisotopic (exact) mass is 453 g/mol. The molecule has 2 rings (SSSR count). The van der Waals surface area contributed by atoms with E-state index in [2.05, 4.69) is 38.5 Å². The molecular formula is C13H10BrClINO2. The number of halogens is 3. The highest BCUT2D eigenvalue weighted by Gasteiger charge is 2.16. The van der Waals surface area contributed by atoms with Gasteiger partial charge in [-0.2, -0.15) is 0 Å². The number of hydrogen-bond acceptors (Lipinski definition) is 2. The van der Waals surface area contributed by atoms with Gasteiger partial charge in [-0.3, -0.25) is 4.79 Å². The minimum Gasteiger partial charge on any atom is -0.452 e. The lowest BCUT2D eigenvalue weighted by Gasteiger charge is -2.16. The third kappa shape index (κ3) is 3.73. The summed E-state index contributed by atoms with van der Waals surface area (Å²) in [4.78, 5) is 13.9. The maximum Gasteiger partial charge on any atom is 0.255 e. The first kappa shape index (κ1) is 14.9. The Morgan fingerprint density at radius 3 is 2.79 bits per heavy atom. The normalized spacial score (nSPS) is 10.5. The van der Waals surface area contributed by atoms with Gasteiger partial charge in [-0.15, -0.1) is 0 Å². The lowest BCUT2D eigenvalue weighted by atomic mass is 10.2. The molecule has 0 aliphatic rings. The molecule has 0 fully saturated rings. The smallest absolute Gasteiger partial charge is 0.255 e. The topological polar surface area (TPSA) is 33.5 Å². The van der Waals surface area contributed by atoms with E-state index in [4.69, 9.17) is 16.0 Å². The van der Waals surface area contributed by atoms with E-state index in [-0.39, 0.29) is 5.91 Å². The summed E-state index contributed by atoms with van der Waals surface area (Å²) in [5.41, 5.74) is 0.598. The Morgan fingerprint density at radius 1 is 1.42 bits per heavy atom. The summed E-state index contributed by atoms with van der Waals surface area (Å²) in [5, 5.41) is 0.554. The summed E-state index contributed by atoms with van der Waals surface area (Å²) < 4.78 is 6.92. The van der Waals surface area contributed by atoms with Crippen LogP contribution < -0.4 is 0 Å². The second kappa shape index (κ2) is 6.28. The van der Waals surface area contributed by atoms with Crippen molar-refractivity contribution in [1.82, 2.24) is 4.90 Å². The fourth-order valence-electron chi connectivity index (χ4n) is 1.61. The Kier molecular flexibility index (Phi) is 4.92. The summed E-state index contributed by atoms with van der Waals surface area (Å²) in [6, 6.07) is 8.91. The van der Waals surface area contributed by atoms with Crippen LogP contribution in [0, 0.1) is 3.57 Å². The van der Waals surface area contributed by atoms with Gasteiger partial charge in [-0.1, -0.05) is 11.6 Å². The quantitative estimate of drug-likeness (QED) is 0.637. The molecule has 0 aliphatic carbocycles. The van der Waals surface area contributed by atoms with E-state index in [1.54, 1.807) is 30.1 Å². The summed E-state index contributed by atoms with van der Waals surface area (Å²) in [6.07, 6.45) is 0. The molecule has 100 valence electrons. The summed E-state index contributed by atoms with van der Waals surface area (Å²) in [5.74, 6) is 0.638. The molecular weight excluding hydrogens is 444 g/mol. The van der Waals surface area contributed by atoms with Crippen LogP contribution in [0.2, 0.25) is 5.02 Å². The van der Waals surface area contributed by atoms with Gasteiger partial charge in [0.2, 0.25) is 0 Å². The van der Waals surface area contributed by atoms with Crippen molar-refractivity contribution in [1.29, 1.82) is 0 Å². The molecule has 0 spiro atoms. The number of hydrogen-bond donors (Lipinski definition) is 0. The standard InChI is InChI=1S/C13H10BrClINO2/c1-17(7-9-3-5-12(14)19-9)13(18)10-6-8(15)2-4-11(10)16/h2-6H,7H2,1H3. The number of carbonyl (C=O) groups is 1. The molecule has 0 saturated carbocycles. The fraction of sp³-hybridized carbons (Fsp3) is 0.154. The Bertz CT molecular complexity index is 614. The largest absolute Gasteiger partial charge is 0.452 e. The first-order valence-electron chi connectivity index (χ1n) is 5.42. The second-order valence-corrected chi connectivity index (χ2v) is 6.37. The zero-order chi connectivity index (χ0) is 14.0. The number of carbonyl (C=O) groups excluding carboxylic acids is 1. The molecule has 1 aromatic heterocycles. The first-order chi connectivity index (χ1) is 8.97. The van der Waals surface area contributed by atoms with Crippen molar-refractivity contribution < 1.29 is 9.21 Å². The van der Waals surface area contributed by atoms with Crippen LogP contribution in [0.1, 0.15) is 16.1 Å². The Balaban J connectivity index is 2.16. The summed E-state index contributed by atoms with van der Waals surface area (Å²) in [6.45, 7) is 0.410. The molecule has 6 heteroatoms. The Morgan fingerprint density at radius 2 is 2.16 bits per heavy atom. The third-order valence-electron chi connectivity index (χ3n) is 2.53. The maximum atomic E-state index is 12.3. The molecule has 0 aliphatic heterocycles. The van der Waals surface area contributed by atoms with Gasteiger partial charge in [-0.05, 0) is 68.9 Å². The molecule has 2 aromatic rings. The number of furan rings is 1. The van der Waals surface area contributed by atoms with Crippen LogP contribution in [0.3, 0.4) is 0 Å². The molecule has 0 atom stereocenters. The molecule has 3 nitrogen and oxygen atoms in total. The van der Waals surface area contributed by atoms with Gasteiger partial charge < -0.3 is 9.32 Å². The van der Waals surface area contributed by atoms with Crippen LogP contribution >= 0.6 is 50.1 Å². The molecule has 0 unspecified atom stereocenters. The second-order valence-electron chi connectivity index (χ2n) is 3.99. The molecule has 1 heterocycles. The third-order valence-corrected chi connectivity index (χ3v) is 4.13. The lowest BCUT2D eigenvalue weighted by Crippen LogP contribution is -2.26. The van der Waals surface area contributed by atoms with E-state index < -0.39 is 0 Å². The van der Waals surface area contributed by atoms with Gasteiger partial charge >= 0.3 is 0 Å². The maximum absolute atomic E-state index is 12.3. The van der Waals surface area contributed by atoms with E-state index in [1.807, 2.05) is 12.1 Å². The predicted molar refractivity (Wildman–Crippen MR) is 86.4 cm³/mol. The highest BCUT2D eigenvalue weighted by molar-refractivity contribution is 14.1. The number of amides is 1. The van der Waals surface area contributed by atoms with E-state index in [0.717, 1.165) is 9.33 Å². The molecule has 0 saturated heterocycles. The van der Waals surface area contributed by atoms with Crippen molar-refractivity contribution in [3.8, 4) is 0 Å². The van der Waals surface area contributed by atoms with Crippen molar-refractivity contribution in [2.24, 2.45) is 0 Å². The highest BCUT2D eigenvalue weighted by Crippen LogP contribution is 2.21. The number of benzene rings is 1. The van der Waals surface area contributed by atoms with Crippen LogP contribution in [0.4, 0.5) is 0 Å². The minimum atomic E-state index is -0.0839. The summed E-state index contributed by atoms with van der Waals surface area (Å²) in [7, 11) is 1.73. The van der Waals surface area contributed by atoms with E-state index >= 15 is 0 Å². The van der Waals surface area contributed by atoms with Crippen LogP contribution in [-0.2, 0) is 6.54 Å². The number of nitrogens with zero attached hydrogens (tertiary/aromatic N) is 1. The Labute approximate surface area is 138 Å². The molecule has 0 bridgehead atoms. The number of rotatable bonds is 3. The van der Waals surface area contributed by atoms with Crippen molar-refractivity contribution >= 4 is 56.0 Å². The first-order valence-corrected chi connectivity index (χ1v) is 7.67. The van der Waals surface area contributed by atoms with Crippen LogP contribution in [0.5, 0.6) is 0 Å². The molecule has 1 aromatic carbocycles. The van der Waals surface area contributed by atoms with Crippen molar-refractivity contribution in [2.75, 3.05) is 7.05 Å². The molecule has 1 amide bonds. The van der Waals surface area contributed by atoms with Crippen LogP contribution in [-0.4, -0.2) is 17.9 Å². The zero-order valence-corrected chi connectivity index (χ0v) is 14.5. The average Bonchev–Trinajstić information content (AvgIpc) is 2.77. The van der Waals surface area contributed by atoms with Gasteiger partial charge in [0.05, 0.1) is 12.1 Å². The minimum absolute atomic E-state index is 0.0839. The van der Waals surface area contributed by atoms with Crippen molar-refractivity contribution in [2.45, 2.75) is 6.54 Å². The van der Waals surface area contributed by atoms with E-state index in [9.17, 15) is 4.79 Å². The zero-order valence-electron chi connectivity index (χ0n) is 9.99. The van der Waals surface area contributed by atoms with Crippen molar-refractivity contribution in [3.63, 3.8) is 0 Å². The van der Waals surface area contributed by atoms with E-state index in [1.165, 1.54) is 0 Å². The highest BCUT2D eigenvalue weighted by atomic mass is 127. The van der Waals surface area contributed by atoms with Gasteiger partial charge in [0.15, 0.2) is 4.67 Å². The van der Waals surface area contributed by atoms with Gasteiger partial charge in [0.1, 0.15) is 5.76 Å². The lowest BCUT2D eigenvalue weighted by molar-refractivity contribution is 0.0774. The average molecular weight is 454 g/mol. The van der Waals surface area contributed by atoms with E-state index in [0.29, 0.717) is 21.8 Å². The van der Waals surface area contributed by atoms with Crippen LogP contribution in [0.25, 0.3) is 0 Å². The molecule has 0 radical (unpaired) electrons. The van der Waals surface area contributed by atoms with Gasteiger partial charge in [-0.25, -0.2) is 0 Å². The van der Waals surface area contributed by atoms with Gasteiger partial charge in [0.25, 0.3) is 5.91 Å². The SMILES string of the molecule is CN(Cc1ccc(Br)o1)C(=O)c1cc(Cl)ccc1I. The van der Waals surface area contributed by atoms with Crippen molar-refractivity contribution in [3.05, 3.63) is 54.9 Å². The summed E-state index contributed by atoms with van der Waals surface area (Å²) >= 11 is 11.3. The van der Waals surface area contributed by atoms with Crippen LogP contribution in [0.15, 0.2) is 39.4 Å². The Hall–Kier alpha value is -0.530. The van der Waals surface area contributed by atoms with Gasteiger partial charge in [0, 0.05) is 15.6 Å². The predicted octanol–water partition coefficient (Wildman–Crippen LogP) is 4.57. The molecule has 19 heavy (non-hydrogen) atoms. The fourth-order valence-corrected chi connectivity index (χ4v) is 2.69. The molecule has 0 N–H and O–H groups in total.